The summed E-state index contributed by atoms with van der Waals surface area (Å²) in [5.41, 5.74) is 0.501. The molecule has 1 atom stereocenters. The van der Waals surface area contributed by atoms with Gasteiger partial charge in [0, 0.05) is 16.7 Å². The number of rotatable bonds is 1. The van der Waals surface area contributed by atoms with Gasteiger partial charge in [0.2, 0.25) is 0 Å². The van der Waals surface area contributed by atoms with Gasteiger partial charge in [-0.1, -0.05) is 0 Å². The first-order valence-electron chi connectivity index (χ1n) is 5.50. The summed E-state index contributed by atoms with van der Waals surface area (Å²) in [6.45, 7) is 1.02. The Morgan fingerprint density at radius 1 is 1.53 bits per heavy atom. The summed E-state index contributed by atoms with van der Waals surface area (Å²) in [4.78, 5) is 13.8. The van der Waals surface area contributed by atoms with E-state index < -0.39 is 6.10 Å². The Balaban J connectivity index is 2.18. The number of carbonyl (C=O) groups excluding carboxylic acids is 1. The summed E-state index contributed by atoms with van der Waals surface area (Å²) in [5.74, 6) is -0.474. The minimum atomic E-state index is -0.439. The molecule has 0 bridgehead atoms. The SMILES string of the molecule is O=C(c1ccc(F)cc1I)N1CCC[C@H](O)C1. The maximum absolute atomic E-state index is 12.9. The molecule has 17 heavy (non-hydrogen) atoms. The van der Waals surface area contributed by atoms with Gasteiger partial charge >= 0.3 is 0 Å². The number of aliphatic hydroxyl groups is 1. The van der Waals surface area contributed by atoms with Crippen LogP contribution in [0.15, 0.2) is 18.2 Å². The van der Waals surface area contributed by atoms with Crippen molar-refractivity contribution in [3.8, 4) is 0 Å². The summed E-state index contributed by atoms with van der Waals surface area (Å²) in [6.07, 6.45) is 1.11. The molecule has 0 saturated carbocycles. The maximum atomic E-state index is 12.9. The highest BCUT2D eigenvalue weighted by Gasteiger charge is 2.24. The lowest BCUT2D eigenvalue weighted by molar-refractivity contribution is 0.0473. The van der Waals surface area contributed by atoms with Crippen LogP contribution in [0.25, 0.3) is 0 Å². The van der Waals surface area contributed by atoms with Crippen molar-refractivity contribution < 1.29 is 14.3 Å². The predicted octanol–water partition coefficient (Wildman–Crippen LogP) is 2.03. The fourth-order valence-electron chi connectivity index (χ4n) is 1.97. The second kappa shape index (κ2) is 5.30. The second-order valence-electron chi connectivity index (χ2n) is 4.17. The molecule has 1 heterocycles. The van der Waals surface area contributed by atoms with E-state index in [9.17, 15) is 14.3 Å². The summed E-state index contributed by atoms with van der Waals surface area (Å²) < 4.78 is 13.5. The highest BCUT2D eigenvalue weighted by atomic mass is 127. The third kappa shape index (κ3) is 2.95. The number of amides is 1. The minimum absolute atomic E-state index is 0.131. The molecule has 0 aliphatic carbocycles. The van der Waals surface area contributed by atoms with Gasteiger partial charge in [-0.15, -0.1) is 0 Å². The lowest BCUT2D eigenvalue weighted by Crippen LogP contribution is -2.42. The second-order valence-corrected chi connectivity index (χ2v) is 5.33. The monoisotopic (exact) mass is 349 g/mol. The number of halogens is 2. The minimum Gasteiger partial charge on any atom is -0.391 e. The van der Waals surface area contributed by atoms with E-state index in [1.165, 1.54) is 18.2 Å². The number of nitrogens with zero attached hydrogens (tertiary/aromatic N) is 1. The normalized spacial score (nSPS) is 20.4. The number of aliphatic hydroxyl groups excluding tert-OH is 1. The number of benzene rings is 1. The van der Waals surface area contributed by atoms with Crippen molar-refractivity contribution in [3.05, 3.63) is 33.1 Å². The Hall–Kier alpha value is -0.690. The summed E-state index contributed by atoms with van der Waals surface area (Å²) in [5, 5.41) is 9.53. The molecule has 1 aromatic rings. The van der Waals surface area contributed by atoms with E-state index in [4.69, 9.17) is 0 Å². The summed E-state index contributed by atoms with van der Waals surface area (Å²) >= 11 is 1.95. The van der Waals surface area contributed by atoms with E-state index in [1.807, 2.05) is 22.6 Å². The number of β-amino-alcohol motifs (C(OH)–C–C–N with tert-alkyl or cyclic N) is 1. The van der Waals surface area contributed by atoms with E-state index in [1.54, 1.807) is 4.90 Å². The summed E-state index contributed by atoms with van der Waals surface area (Å²) in [7, 11) is 0. The van der Waals surface area contributed by atoms with Crippen molar-refractivity contribution >= 4 is 28.5 Å². The Morgan fingerprint density at radius 3 is 2.94 bits per heavy atom. The zero-order valence-corrected chi connectivity index (χ0v) is 11.4. The molecule has 0 aromatic heterocycles. The molecule has 0 spiro atoms. The highest BCUT2D eigenvalue weighted by Crippen LogP contribution is 2.18. The predicted molar refractivity (Wildman–Crippen MR) is 70.3 cm³/mol. The molecule has 1 fully saturated rings. The first-order valence-corrected chi connectivity index (χ1v) is 6.58. The first kappa shape index (κ1) is 12.8. The molecule has 1 aliphatic heterocycles. The van der Waals surface area contributed by atoms with Gasteiger partial charge < -0.3 is 10.0 Å². The van der Waals surface area contributed by atoms with Gasteiger partial charge in [0.05, 0.1) is 11.7 Å². The van der Waals surface area contributed by atoms with E-state index in [0.717, 1.165) is 12.8 Å². The van der Waals surface area contributed by atoms with Crippen LogP contribution in [0.2, 0.25) is 0 Å². The first-order chi connectivity index (χ1) is 8.08. The van der Waals surface area contributed by atoms with E-state index in [0.29, 0.717) is 22.2 Å². The maximum Gasteiger partial charge on any atom is 0.255 e. The molecule has 3 nitrogen and oxygen atoms in total. The number of hydrogen-bond acceptors (Lipinski definition) is 2. The van der Waals surface area contributed by atoms with Crippen molar-refractivity contribution in [2.45, 2.75) is 18.9 Å². The highest BCUT2D eigenvalue weighted by molar-refractivity contribution is 14.1. The van der Waals surface area contributed by atoms with E-state index in [2.05, 4.69) is 0 Å². The van der Waals surface area contributed by atoms with E-state index in [-0.39, 0.29) is 11.7 Å². The average Bonchev–Trinajstić information content (AvgIpc) is 2.28. The Morgan fingerprint density at radius 2 is 2.29 bits per heavy atom. The average molecular weight is 349 g/mol. The van der Waals surface area contributed by atoms with Gasteiger partial charge in [0.25, 0.3) is 5.91 Å². The topological polar surface area (TPSA) is 40.5 Å². The lowest BCUT2D eigenvalue weighted by atomic mass is 10.1. The molecular weight excluding hydrogens is 336 g/mol. The molecule has 0 unspecified atom stereocenters. The fourth-order valence-corrected chi connectivity index (χ4v) is 2.68. The molecule has 5 heteroatoms. The van der Waals surface area contributed by atoms with Crippen LogP contribution in [-0.4, -0.2) is 35.1 Å². The molecule has 2 rings (SSSR count). The number of hydrogen-bond donors (Lipinski definition) is 1. The molecule has 92 valence electrons. The molecule has 1 saturated heterocycles. The van der Waals surface area contributed by atoms with Gasteiger partial charge in [-0.3, -0.25) is 4.79 Å². The molecule has 1 aliphatic rings. The fraction of sp³-hybridized carbons (Fsp3) is 0.417. The van der Waals surface area contributed by atoms with Crippen LogP contribution < -0.4 is 0 Å². The quantitative estimate of drug-likeness (QED) is 0.789. The molecule has 1 N–H and O–H groups in total. The smallest absolute Gasteiger partial charge is 0.255 e. The van der Waals surface area contributed by atoms with Crippen molar-refractivity contribution in [2.75, 3.05) is 13.1 Å². The number of carbonyl (C=O) groups is 1. The van der Waals surface area contributed by atoms with Crippen LogP contribution in [-0.2, 0) is 0 Å². The molecule has 1 aromatic carbocycles. The van der Waals surface area contributed by atoms with Gasteiger partial charge in [-0.05, 0) is 53.6 Å². The van der Waals surface area contributed by atoms with Gasteiger partial charge in [0.15, 0.2) is 0 Å². The Kier molecular flexibility index (Phi) is 3.98. The van der Waals surface area contributed by atoms with Crippen LogP contribution >= 0.6 is 22.6 Å². The Bertz CT molecular complexity index is 439. The zero-order valence-electron chi connectivity index (χ0n) is 9.20. The van der Waals surface area contributed by atoms with Gasteiger partial charge in [-0.25, -0.2) is 4.39 Å². The standard InChI is InChI=1S/C12H13FINO2/c13-8-3-4-10(11(14)6-8)12(17)15-5-1-2-9(16)7-15/h3-4,6,9,16H,1-2,5,7H2/t9-/m0/s1. The van der Waals surface area contributed by atoms with Crippen molar-refractivity contribution in [1.82, 2.24) is 4.90 Å². The number of likely N-dealkylation sites (tertiary alicyclic amines) is 1. The van der Waals surface area contributed by atoms with Gasteiger partial charge in [-0.2, -0.15) is 0 Å². The van der Waals surface area contributed by atoms with Crippen LogP contribution in [0.1, 0.15) is 23.2 Å². The zero-order chi connectivity index (χ0) is 12.4. The van der Waals surface area contributed by atoms with Gasteiger partial charge in [0.1, 0.15) is 5.82 Å². The van der Waals surface area contributed by atoms with Crippen molar-refractivity contribution in [3.63, 3.8) is 0 Å². The van der Waals surface area contributed by atoms with Crippen LogP contribution in [0.5, 0.6) is 0 Å². The largest absolute Gasteiger partial charge is 0.391 e. The lowest BCUT2D eigenvalue weighted by Gasteiger charge is -2.30. The summed E-state index contributed by atoms with van der Waals surface area (Å²) in [6, 6.07) is 4.13. The molecule has 0 radical (unpaired) electrons. The van der Waals surface area contributed by atoms with Crippen LogP contribution in [0, 0.1) is 9.39 Å². The van der Waals surface area contributed by atoms with E-state index >= 15 is 0 Å². The molecular formula is C12H13FINO2. The third-order valence-electron chi connectivity index (χ3n) is 2.85. The molecule has 1 amide bonds. The van der Waals surface area contributed by atoms with Crippen molar-refractivity contribution in [1.29, 1.82) is 0 Å². The Labute approximate surface area is 113 Å². The third-order valence-corrected chi connectivity index (χ3v) is 3.74. The van der Waals surface area contributed by atoms with Crippen LogP contribution in [0.4, 0.5) is 4.39 Å². The van der Waals surface area contributed by atoms with Crippen molar-refractivity contribution in [2.24, 2.45) is 0 Å². The van der Waals surface area contributed by atoms with Crippen LogP contribution in [0.3, 0.4) is 0 Å². The number of piperidine rings is 1.